The first-order chi connectivity index (χ1) is 6.68. The second-order valence-corrected chi connectivity index (χ2v) is 4.50. The predicted octanol–water partition coefficient (Wildman–Crippen LogP) is 1.12. The molecule has 3 unspecified atom stereocenters. The monoisotopic (exact) mass is 194 g/mol. The highest BCUT2D eigenvalue weighted by Crippen LogP contribution is 2.29. The Balaban J connectivity index is 2.15. The summed E-state index contributed by atoms with van der Waals surface area (Å²) in [5.41, 5.74) is 0. The zero-order valence-electron chi connectivity index (χ0n) is 9.07. The number of hydrogen-bond acceptors (Lipinski definition) is 3. The number of rotatable bonds is 1. The number of piperidine rings is 1. The van der Waals surface area contributed by atoms with Gasteiger partial charge in [-0.2, -0.15) is 0 Å². The molecule has 4 heteroatoms. The molecule has 78 valence electrons. The normalized spacial score (nSPS) is 33.2. The highest BCUT2D eigenvalue weighted by atomic mass is 15.3. The average Bonchev–Trinajstić information content (AvgIpc) is 2.52. The van der Waals surface area contributed by atoms with Gasteiger partial charge in [-0.15, -0.1) is 10.2 Å². The molecule has 0 radical (unpaired) electrons. The number of nitrogens with zero attached hydrogens (tertiary/aromatic N) is 3. The van der Waals surface area contributed by atoms with Gasteiger partial charge in [-0.05, 0) is 24.8 Å². The standard InChI is InChI=1S/C10H18N4/c1-7-4-8(2)9(11-5-7)10-13-12-6-14(10)3/h6-9,11H,4-5H2,1-3H3. The van der Waals surface area contributed by atoms with Gasteiger partial charge >= 0.3 is 0 Å². The van der Waals surface area contributed by atoms with Crippen LogP contribution in [0.2, 0.25) is 0 Å². The second kappa shape index (κ2) is 3.69. The number of aromatic nitrogens is 3. The highest BCUT2D eigenvalue weighted by molar-refractivity contribution is 4.99. The third-order valence-electron chi connectivity index (χ3n) is 3.05. The van der Waals surface area contributed by atoms with Gasteiger partial charge in [0.1, 0.15) is 12.2 Å². The fraction of sp³-hybridized carbons (Fsp3) is 0.800. The molecule has 2 heterocycles. The number of hydrogen-bond donors (Lipinski definition) is 1. The smallest absolute Gasteiger partial charge is 0.149 e. The van der Waals surface area contributed by atoms with E-state index in [0.717, 1.165) is 18.3 Å². The SMILES string of the molecule is CC1CNC(c2nncn2C)C(C)C1. The average molecular weight is 194 g/mol. The minimum absolute atomic E-state index is 0.374. The summed E-state index contributed by atoms with van der Waals surface area (Å²) in [5, 5.41) is 11.6. The van der Waals surface area contributed by atoms with Crippen LogP contribution in [-0.4, -0.2) is 21.3 Å². The Labute approximate surface area is 84.7 Å². The van der Waals surface area contributed by atoms with Gasteiger partial charge in [0.15, 0.2) is 0 Å². The molecule has 0 aliphatic carbocycles. The minimum Gasteiger partial charge on any atom is -0.319 e. The van der Waals surface area contributed by atoms with E-state index in [0.29, 0.717) is 12.0 Å². The van der Waals surface area contributed by atoms with Crippen molar-refractivity contribution in [3.8, 4) is 0 Å². The summed E-state index contributed by atoms with van der Waals surface area (Å²) < 4.78 is 2.00. The van der Waals surface area contributed by atoms with E-state index >= 15 is 0 Å². The fourth-order valence-electron chi connectivity index (χ4n) is 2.30. The van der Waals surface area contributed by atoms with E-state index in [9.17, 15) is 0 Å². The van der Waals surface area contributed by atoms with Crippen LogP contribution in [0, 0.1) is 11.8 Å². The third-order valence-corrected chi connectivity index (χ3v) is 3.05. The van der Waals surface area contributed by atoms with Crippen LogP contribution in [0.5, 0.6) is 0 Å². The molecule has 1 fully saturated rings. The van der Waals surface area contributed by atoms with Crippen LogP contribution in [0.1, 0.15) is 32.1 Å². The highest BCUT2D eigenvalue weighted by Gasteiger charge is 2.28. The van der Waals surface area contributed by atoms with E-state index < -0.39 is 0 Å². The van der Waals surface area contributed by atoms with Crippen LogP contribution in [-0.2, 0) is 7.05 Å². The van der Waals surface area contributed by atoms with Crippen molar-refractivity contribution in [1.29, 1.82) is 0 Å². The summed E-state index contributed by atoms with van der Waals surface area (Å²) in [5.74, 6) is 2.47. The van der Waals surface area contributed by atoms with Crippen molar-refractivity contribution >= 4 is 0 Å². The van der Waals surface area contributed by atoms with Crippen molar-refractivity contribution in [3.63, 3.8) is 0 Å². The lowest BCUT2D eigenvalue weighted by Gasteiger charge is -2.32. The van der Waals surface area contributed by atoms with Crippen molar-refractivity contribution < 1.29 is 0 Å². The topological polar surface area (TPSA) is 42.7 Å². The van der Waals surface area contributed by atoms with Crippen molar-refractivity contribution in [2.24, 2.45) is 18.9 Å². The molecular formula is C10H18N4. The summed E-state index contributed by atoms with van der Waals surface area (Å²) in [6, 6.07) is 0.374. The van der Waals surface area contributed by atoms with Crippen LogP contribution in [0.4, 0.5) is 0 Å². The van der Waals surface area contributed by atoms with E-state index in [1.807, 2.05) is 11.6 Å². The Hall–Kier alpha value is -0.900. The summed E-state index contributed by atoms with van der Waals surface area (Å²) in [7, 11) is 2.00. The van der Waals surface area contributed by atoms with Gasteiger partial charge in [0.25, 0.3) is 0 Å². The number of nitrogens with one attached hydrogen (secondary N) is 1. The Morgan fingerprint density at radius 1 is 1.50 bits per heavy atom. The molecule has 1 N–H and O–H groups in total. The zero-order valence-corrected chi connectivity index (χ0v) is 9.07. The molecule has 0 spiro atoms. The summed E-state index contributed by atoms with van der Waals surface area (Å²) >= 11 is 0. The molecule has 14 heavy (non-hydrogen) atoms. The van der Waals surface area contributed by atoms with Crippen molar-refractivity contribution in [2.45, 2.75) is 26.3 Å². The van der Waals surface area contributed by atoms with E-state index in [1.165, 1.54) is 6.42 Å². The van der Waals surface area contributed by atoms with Gasteiger partial charge in [0.2, 0.25) is 0 Å². The molecule has 1 aromatic heterocycles. The van der Waals surface area contributed by atoms with Gasteiger partial charge in [0.05, 0.1) is 6.04 Å². The first-order valence-corrected chi connectivity index (χ1v) is 5.25. The molecule has 1 aromatic rings. The van der Waals surface area contributed by atoms with E-state index in [1.54, 1.807) is 6.33 Å². The molecule has 0 bridgehead atoms. The van der Waals surface area contributed by atoms with E-state index in [2.05, 4.69) is 29.4 Å². The van der Waals surface area contributed by atoms with Crippen LogP contribution in [0.25, 0.3) is 0 Å². The molecule has 0 aromatic carbocycles. The largest absolute Gasteiger partial charge is 0.319 e. The van der Waals surface area contributed by atoms with Crippen molar-refractivity contribution in [1.82, 2.24) is 20.1 Å². The van der Waals surface area contributed by atoms with Gasteiger partial charge in [-0.3, -0.25) is 0 Å². The van der Waals surface area contributed by atoms with Crippen molar-refractivity contribution in [2.75, 3.05) is 6.54 Å². The lowest BCUT2D eigenvalue weighted by molar-refractivity contribution is 0.235. The van der Waals surface area contributed by atoms with Crippen LogP contribution in [0.15, 0.2) is 6.33 Å². The lowest BCUT2D eigenvalue weighted by Crippen LogP contribution is -2.38. The molecule has 1 saturated heterocycles. The molecule has 1 aliphatic rings. The molecular weight excluding hydrogens is 176 g/mol. The Morgan fingerprint density at radius 3 is 2.86 bits per heavy atom. The minimum atomic E-state index is 0.374. The summed E-state index contributed by atoms with van der Waals surface area (Å²) in [6.45, 7) is 5.65. The second-order valence-electron chi connectivity index (χ2n) is 4.50. The maximum Gasteiger partial charge on any atom is 0.149 e. The van der Waals surface area contributed by atoms with Crippen LogP contribution < -0.4 is 5.32 Å². The molecule has 0 saturated carbocycles. The van der Waals surface area contributed by atoms with Gasteiger partial charge in [0, 0.05) is 7.05 Å². The van der Waals surface area contributed by atoms with Gasteiger partial charge in [-0.1, -0.05) is 13.8 Å². The fourth-order valence-corrected chi connectivity index (χ4v) is 2.30. The predicted molar refractivity (Wildman–Crippen MR) is 54.7 cm³/mol. The quantitative estimate of drug-likeness (QED) is 0.728. The first-order valence-electron chi connectivity index (χ1n) is 5.25. The maximum absolute atomic E-state index is 4.17. The van der Waals surface area contributed by atoms with E-state index in [-0.39, 0.29) is 0 Å². The molecule has 2 rings (SSSR count). The van der Waals surface area contributed by atoms with Gasteiger partial charge in [-0.25, -0.2) is 0 Å². The van der Waals surface area contributed by atoms with Crippen molar-refractivity contribution in [3.05, 3.63) is 12.2 Å². The Morgan fingerprint density at radius 2 is 2.29 bits per heavy atom. The maximum atomic E-state index is 4.17. The van der Waals surface area contributed by atoms with Crippen LogP contribution >= 0.6 is 0 Å². The zero-order chi connectivity index (χ0) is 10.1. The Kier molecular flexibility index (Phi) is 2.54. The summed E-state index contributed by atoms with van der Waals surface area (Å²) in [4.78, 5) is 0. The van der Waals surface area contributed by atoms with E-state index in [4.69, 9.17) is 0 Å². The molecule has 3 atom stereocenters. The molecule has 1 aliphatic heterocycles. The number of aryl methyl sites for hydroxylation is 1. The molecule has 4 nitrogen and oxygen atoms in total. The Bertz CT molecular complexity index is 307. The first kappa shape index (κ1) is 9.65. The summed E-state index contributed by atoms with van der Waals surface area (Å²) in [6.07, 6.45) is 3.03. The molecule has 0 amide bonds. The van der Waals surface area contributed by atoms with Gasteiger partial charge < -0.3 is 9.88 Å². The lowest BCUT2D eigenvalue weighted by atomic mass is 9.86. The third kappa shape index (κ3) is 1.66. The van der Waals surface area contributed by atoms with Crippen LogP contribution in [0.3, 0.4) is 0 Å².